The molecule has 2 aromatic carbocycles. The molecular weight excluding hydrogens is 484 g/mol. The summed E-state index contributed by atoms with van der Waals surface area (Å²) in [6.45, 7) is 1.97. The number of aliphatic hydroxyl groups is 1. The molecular formula is C22H25BrN2O7. The lowest BCUT2D eigenvalue weighted by Crippen LogP contribution is -2.28. The van der Waals surface area contributed by atoms with E-state index < -0.39 is 24.2 Å². The SMILES string of the molecule is CCO[C@H](/C=C/C(=O)NO)[C@H](OC(=O)Nc1ccc(Br)cc1)c1cccc(OCCO)c1. The molecule has 0 fully saturated rings. The van der Waals surface area contributed by atoms with Crippen LogP contribution in [-0.4, -0.2) is 48.2 Å². The van der Waals surface area contributed by atoms with E-state index in [9.17, 15) is 9.59 Å². The molecule has 0 aliphatic carbocycles. The summed E-state index contributed by atoms with van der Waals surface area (Å²) in [6, 6.07) is 13.7. The second-order valence-electron chi connectivity index (χ2n) is 6.36. The van der Waals surface area contributed by atoms with Gasteiger partial charge in [0, 0.05) is 22.8 Å². The highest BCUT2D eigenvalue weighted by Gasteiger charge is 2.27. The Morgan fingerprint density at radius 2 is 1.94 bits per heavy atom. The zero-order valence-corrected chi connectivity index (χ0v) is 18.9. The Balaban J connectivity index is 2.31. The Bertz CT molecular complexity index is 905. The van der Waals surface area contributed by atoms with Gasteiger partial charge in [-0.1, -0.05) is 28.1 Å². The Hall–Kier alpha value is -2.92. The van der Waals surface area contributed by atoms with Crippen molar-refractivity contribution in [1.82, 2.24) is 5.48 Å². The van der Waals surface area contributed by atoms with Crippen molar-refractivity contribution in [2.24, 2.45) is 0 Å². The van der Waals surface area contributed by atoms with Crippen molar-refractivity contribution in [1.29, 1.82) is 0 Å². The highest BCUT2D eigenvalue weighted by atomic mass is 79.9. The minimum absolute atomic E-state index is 0.102. The summed E-state index contributed by atoms with van der Waals surface area (Å²) in [5.74, 6) is -0.293. The minimum atomic E-state index is -0.953. The van der Waals surface area contributed by atoms with Gasteiger partial charge >= 0.3 is 6.09 Å². The van der Waals surface area contributed by atoms with Gasteiger partial charge in [-0.25, -0.2) is 10.3 Å². The topological polar surface area (TPSA) is 126 Å². The van der Waals surface area contributed by atoms with Gasteiger partial charge in [0.2, 0.25) is 0 Å². The Morgan fingerprint density at radius 1 is 1.19 bits per heavy atom. The number of hydrogen-bond donors (Lipinski definition) is 4. The fourth-order valence-corrected chi connectivity index (χ4v) is 2.99. The Morgan fingerprint density at radius 3 is 2.59 bits per heavy atom. The molecule has 2 atom stereocenters. The lowest BCUT2D eigenvalue weighted by atomic mass is 10.0. The predicted molar refractivity (Wildman–Crippen MR) is 120 cm³/mol. The first-order chi connectivity index (χ1) is 15.5. The normalized spacial score (nSPS) is 12.8. The maximum atomic E-state index is 12.6. The minimum Gasteiger partial charge on any atom is -0.491 e. The van der Waals surface area contributed by atoms with Gasteiger partial charge in [0.15, 0.2) is 6.10 Å². The largest absolute Gasteiger partial charge is 0.491 e. The zero-order chi connectivity index (χ0) is 23.3. The summed E-state index contributed by atoms with van der Waals surface area (Å²) >= 11 is 3.33. The number of rotatable bonds is 11. The first-order valence-corrected chi connectivity index (χ1v) is 10.6. The number of hydroxylamine groups is 1. The summed E-state index contributed by atoms with van der Waals surface area (Å²) in [4.78, 5) is 24.1. The molecule has 0 saturated heterocycles. The average Bonchev–Trinajstić information content (AvgIpc) is 2.80. The van der Waals surface area contributed by atoms with Gasteiger partial charge in [0.25, 0.3) is 5.91 Å². The van der Waals surface area contributed by atoms with Gasteiger partial charge in [-0.3, -0.25) is 15.3 Å². The molecule has 9 nitrogen and oxygen atoms in total. The van der Waals surface area contributed by atoms with Gasteiger partial charge in [0.1, 0.15) is 18.5 Å². The first kappa shape index (κ1) is 25.3. The second-order valence-corrected chi connectivity index (χ2v) is 7.27. The Kier molecular flexibility index (Phi) is 10.7. The molecule has 0 aliphatic heterocycles. The zero-order valence-electron chi connectivity index (χ0n) is 17.4. The van der Waals surface area contributed by atoms with Gasteiger partial charge in [-0.05, 0) is 55.0 Å². The van der Waals surface area contributed by atoms with Gasteiger partial charge < -0.3 is 19.3 Å². The predicted octanol–water partition coefficient (Wildman–Crippen LogP) is 3.58. The van der Waals surface area contributed by atoms with Crippen LogP contribution in [0.15, 0.2) is 65.2 Å². The van der Waals surface area contributed by atoms with Crippen LogP contribution in [0.2, 0.25) is 0 Å². The maximum Gasteiger partial charge on any atom is 0.412 e. The van der Waals surface area contributed by atoms with E-state index in [-0.39, 0.29) is 19.8 Å². The summed E-state index contributed by atoms with van der Waals surface area (Å²) in [5.41, 5.74) is 2.57. The highest BCUT2D eigenvalue weighted by molar-refractivity contribution is 9.10. The molecule has 2 amide bonds. The van der Waals surface area contributed by atoms with E-state index in [1.54, 1.807) is 55.5 Å². The second kappa shape index (κ2) is 13.5. The third kappa shape index (κ3) is 8.31. The van der Waals surface area contributed by atoms with E-state index in [2.05, 4.69) is 21.2 Å². The van der Waals surface area contributed by atoms with Crippen molar-refractivity contribution in [2.75, 3.05) is 25.1 Å². The van der Waals surface area contributed by atoms with Crippen LogP contribution in [0, 0.1) is 0 Å². The van der Waals surface area contributed by atoms with Crippen LogP contribution in [0.1, 0.15) is 18.6 Å². The molecule has 10 heteroatoms. The van der Waals surface area contributed by atoms with Gasteiger partial charge in [-0.2, -0.15) is 0 Å². The van der Waals surface area contributed by atoms with Crippen LogP contribution in [0.25, 0.3) is 0 Å². The van der Waals surface area contributed by atoms with Crippen LogP contribution in [0.3, 0.4) is 0 Å². The third-order valence-corrected chi connectivity index (χ3v) is 4.60. The molecule has 0 spiro atoms. The lowest BCUT2D eigenvalue weighted by Gasteiger charge is -2.25. The smallest absolute Gasteiger partial charge is 0.412 e. The molecule has 0 saturated carbocycles. The summed E-state index contributed by atoms with van der Waals surface area (Å²) in [6.07, 6.45) is -0.0702. The molecule has 0 aliphatic rings. The molecule has 0 unspecified atom stereocenters. The van der Waals surface area contributed by atoms with Crippen molar-refractivity contribution < 1.29 is 34.1 Å². The number of benzene rings is 2. The number of anilines is 1. The highest BCUT2D eigenvalue weighted by Crippen LogP contribution is 2.28. The third-order valence-electron chi connectivity index (χ3n) is 4.08. The number of hydrogen-bond acceptors (Lipinski definition) is 7. The van der Waals surface area contributed by atoms with Gasteiger partial charge in [0.05, 0.1) is 6.61 Å². The van der Waals surface area contributed by atoms with Crippen molar-refractivity contribution >= 4 is 33.6 Å². The van der Waals surface area contributed by atoms with E-state index in [1.165, 1.54) is 11.6 Å². The number of ether oxygens (including phenoxy) is 3. The van der Waals surface area contributed by atoms with E-state index >= 15 is 0 Å². The number of nitrogens with one attached hydrogen (secondary N) is 2. The lowest BCUT2D eigenvalue weighted by molar-refractivity contribution is -0.124. The molecule has 0 bridgehead atoms. The standard InChI is InChI=1S/C22H25BrN2O7/c1-2-30-19(10-11-20(27)25-29)21(15-4-3-5-18(14-15)31-13-12-26)32-22(28)24-17-8-6-16(23)7-9-17/h3-11,14,19,21,26,29H,2,12-13H2,1H3,(H,24,28)(H,25,27)/b11-10+/t19-,21-/m1/s1. The van der Waals surface area contributed by atoms with Crippen LogP contribution >= 0.6 is 15.9 Å². The van der Waals surface area contributed by atoms with Crippen LogP contribution in [0.5, 0.6) is 5.75 Å². The number of aliphatic hydroxyl groups excluding tert-OH is 1. The molecule has 2 aromatic rings. The van der Waals surface area contributed by atoms with E-state index in [4.69, 9.17) is 24.5 Å². The number of halogens is 1. The van der Waals surface area contributed by atoms with Crippen molar-refractivity contribution in [3.63, 3.8) is 0 Å². The first-order valence-electron chi connectivity index (χ1n) is 9.77. The average molecular weight is 509 g/mol. The van der Waals surface area contributed by atoms with Gasteiger partial charge in [-0.15, -0.1) is 0 Å². The van der Waals surface area contributed by atoms with Crippen LogP contribution < -0.4 is 15.5 Å². The molecule has 4 N–H and O–H groups in total. The monoisotopic (exact) mass is 508 g/mol. The number of carbonyl (C=O) groups excluding carboxylic acids is 2. The van der Waals surface area contributed by atoms with E-state index in [1.807, 2.05) is 0 Å². The molecule has 0 heterocycles. The molecule has 2 rings (SSSR count). The van der Waals surface area contributed by atoms with Crippen LogP contribution in [-0.2, 0) is 14.3 Å². The summed E-state index contributed by atoms with van der Waals surface area (Å²) in [7, 11) is 0. The van der Waals surface area contributed by atoms with Crippen molar-refractivity contribution in [2.45, 2.75) is 19.1 Å². The molecule has 172 valence electrons. The quantitative estimate of drug-likeness (QED) is 0.207. The summed E-state index contributed by atoms with van der Waals surface area (Å²) in [5, 5.41) is 20.4. The number of amides is 2. The maximum absolute atomic E-state index is 12.6. The summed E-state index contributed by atoms with van der Waals surface area (Å²) < 4.78 is 17.7. The number of carbonyl (C=O) groups is 2. The fraction of sp³-hybridized carbons (Fsp3) is 0.273. The molecule has 0 aromatic heterocycles. The van der Waals surface area contributed by atoms with Crippen molar-refractivity contribution in [3.05, 3.63) is 70.7 Å². The Labute approximate surface area is 194 Å². The van der Waals surface area contributed by atoms with Crippen LogP contribution in [0.4, 0.5) is 10.5 Å². The van der Waals surface area contributed by atoms with E-state index in [0.717, 1.165) is 10.5 Å². The molecule has 32 heavy (non-hydrogen) atoms. The molecule has 0 radical (unpaired) electrons. The fourth-order valence-electron chi connectivity index (χ4n) is 2.72. The van der Waals surface area contributed by atoms with Crippen molar-refractivity contribution in [3.8, 4) is 5.75 Å². The van der Waals surface area contributed by atoms with E-state index in [0.29, 0.717) is 17.0 Å².